The zero-order valence-corrected chi connectivity index (χ0v) is 14.6. The molecule has 0 spiro atoms. The smallest absolute Gasteiger partial charge is 0.186 e. The molecule has 3 aromatic rings. The minimum atomic E-state index is -0.0741. The van der Waals surface area contributed by atoms with E-state index >= 15 is 0 Å². The molecule has 0 bridgehead atoms. The van der Waals surface area contributed by atoms with Gasteiger partial charge in [-0.15, -0.1) is 0 Å². The highest BCUT2D eigenvalue weighted by Crippen LogP contribution is 2.35. The van der Waals surface area contributed by atoms with E-state index < -0.39 is 0 Å². The van der Waals surface area contributed by atoms with Gasteiger partial charge in [-0.3, -0.25) is 4.79 Å². The lowest BCUT2D eigenvalue weighted by Gasteiger charge is -2.06. The molecule has 0 aliphatic carbocycles. The molecule has 24 heavy (non-hydrogen) atoms. The Bertz CT molecular complexity index is 940. The van der Waals surface area contributed by atoms with Gasteiger partial charge in [0.2, 0.25) is 0 Å². The van der Waals surface area contributed by atoms with Crippen molar-refractivity contribution in [1.29, 1.82) is 0 Å². The Morgan fingerprint density at radius 1 is 1.12 bits per heavy atom. The summed E-state index contributed by atoms with van der Waals surface area (Å²) in [4.78, 5) is 12.6. The summed E-state index contributed by atoms with van der Waals surface area (Å²) >= 11 is 3.27. The highest BCUT2D eigenvalue weighted by atomic mass is 79.9. The molecule has 3 nitrogen and oxygen atoms in total. The summed E-state index contributed by atoms with van der Waals surface area (Å²) in [6.07, 6.45) is 3.23. The fraction of sp³-hybridized carbons (Fsp3) is 0.0500. The van der Waals surface area contributed by atoms with Crippen molar-refractivity contribution in [3.8, 4) is 11.5 Å². The molecule has 0 aliphatic rings. The Labute approximate surface area is 148 Å². The van der Waals surface area contributed by atoms with Crippen LogP contribution in [0.25, 0.3) is 16.8 Å². The van der Waals surface area contributed by atoms with Gasteiger partial charge in [0.05, 0.1) is 11.6 Å². The number of hydrogen-bond acceptors (Lipinski definition) is 3. The van der Waals surface area contributed by atoms with Gasteiger partial charge in [0.1, 0.15) is 0 Å². The Hall–Kier alpha value is -2.59. The van der Waals surface area contributed by atoms with E-state index in [9.17, 15) is 9.90 Å². The second kappa shape index (κ2) is 6.89. The molecule has 0 unspecified atom stereocenters. The number of phenolic OH excluding ortho intramolecular Hbond substituents is 1. The number of aromatic hydroxyl groups is 1. The van der Waals surface area contributed by atoms with E-state index in [4.69, 9.17) is 4.74 Å². The maximum atomic E-state index is 12.6. The molecule has 0 aliphatic heterocycles. The van der Waals surface area contributed by atoms with Crippen molar-refractivity contribution >= 4 is 38.6 Å². The van der Waals surface area contributed by atoms with Crippen LogP contribution in [0, 0.1) is 0 Å². The van der Waals surface area contributed by atoms with Crippen molar-refractivity contribution in [3.05, 3.63) is 76.3 Å². The molecule has 0 heterocycles. The van der Waals surface area contributed by atoms with Crippen LogP contribution in [0.3, 0.4) is 0 Å². The van der Waals surface area contributed by atoms with Crippen LogP contribution in [-0.4, -0.2) is 18.0 Å². The number of carbonyl (C=O) groups is 1. The lowest BCUT2D eigenvalue weighted by Crippen LogP contribution is -1.95. The number of carbonyl (C=O) groups excluding carboxylic acids is 1. The monoisotopic (exact) mass is 382 g/mol. The number of phenols is 1. The first-order valence-corrected chi connectivity index (χ1v) is 8.16. The molecule has 0 saturated carbocycles. The molecule has 4 heteroatoms. The van der Waals surface area contributed by atoms with E-state index in [2.05, 4.69) is 15.9 Å². The Kier molecular flexibility index (Phi) is 4.67. The van der Waals surface area contributed by atoms with Crippen molar-refractivity contribution in [2.24, 2.45) is 0 Å². The highest BCUT2D eigenvalue weighted by molar-refractivity contribution is 9.10. The molecule has 3 rings (SSSR count). The third-order valence-corrected chi connectivity index (χ3v) is 4.36. The van der Waals surface area contributed by atoms with Gasteiger partial charge in [0.25, 0.3) is 0 Å². The molecule has 1 N–H and O–H groups in total. The van der Waals surface area contributed by atoms with Gasteiger partial charge < -0.3 is 9.84 Å². The predicted molar refractivity (Wildman–Crippen MR) is 99.7 cm³/mol. The van der Waals surface area contributed by atoms with Crippen LogP contribution in [0.1, 0.15) is 15.9 Å². The van der Waals surface area contributed by atoms with Gasteiger partial charge >= 0.3 is 0 Å². The Morgan fingerprint density at radius 3 is 2.67 bits per heavy atom. The zero-order valence-electron chi connectivity index (χ0n) is 13.0. The number of allylic oxidation sites excluding steroid dienone is 1. The molecule has 0 amide bonds. The molecule has 0 atom stereocenters. The van der Waals surface area contributed by atoms with Crippen molar-refractivity contribution in [3.63, 3.8) is 0 Å². The topological polar surface area (TPSA) is 46.5 Å². The van der Waals surface area contributed by atoms with E-state index in [-0.39, 0.29) is 11.5 Å². The number of hydrogen-bond donors (Lipinski definition) is 1. The van der Waals surface area contributed by atoms with Crippen LogP contribution in [0.15, 0.2) is 65.1 Å². The van der Waals surface area contributed by atoms with Crippen molar-refractivity contribution in [2.45, 2.75) is 0 Å². The maximum Gasteiger partial charge on any atom is 0.186 e. The van der Waals surface area contributed by atoms with Crippen LogP contribution < -0.4 is 4.74 Å². The van der Waals surface area contributed by atoms with Crippen LogP contribution in [0.4, 0.5) is 0 Å². The number of rotatable bonds is 4. The quantitative estimate of drug-likeness (QED) is 0.497. The van der Waals surface area contributed by atoms with E-state index in [0.717, 1.165) is 16.3 Å². The van der Waals surface area contributed by atoms with Crippen molar-refractivity contribution in [2.75, 3.05) is 7.11 Å². The zero-order chi connectivity index (χ0) is 17.1. The summed E-state index contributed by atoms with van der Waals surface area (Å²) in [7, 11) is 1.48. The summed E-state index contributed by atoms with van der Waals surface area (Å²) in [6, 6.07) is 16.9. The van der Waals surface area contributed by atoms with Crippen LogP contribution in [-0.2, 0) is 0 Å². The normalized spacial score (nSPS) is 11.1. The largest absolute Gasteiger partial charge is 0.503 e. The van der Waals surface area contributed by atoms with Gasteiger partial charge in [-0.2, -0.15) is 0 Å². The lowest BCUT2D eigenvalue weighted by molar-refractivity contribution is 0.104. The van der Waals surface area contributed by atoms with Crippen molar-refractivity contribution in [1.82, 2.24) is 0 Å². The van der Waals surface area contributed by atoms with Gasteiger partial charge in [-0.1, -0.05) is 48.5 Å². The van der Waals surface area contributed by atoms with Gasteiger partial charge in [-0.05, 0) is 50.5 Å². The second-order valence-electron chi connectivity index (χ2n) is 5.28. The highest BCUT2D eigenvalue weighted by Gasteiger charge is 2.09. The third-order valence-electron chi connectivity index (χ3n) is 3.75. The maximum absolute atomic E-state index is 12.6. The fourth-order valence-corrected chi connectivity index (χ4v) is 3.01. The minimum absolute atomic E-state index is 0.0371. The van der Waals surface area contributed by atoms with Gasteiger partial charge in [0.15, 0.2) is 17.3 Å². The Balaban J connectivity index is 1.94. The fourth-order valence-electron chi connectivity index (χ4n) is 2.55. The van der Waals surface area contributed by atoms with E-state index in [1.165, 1.54) is 13.2 Å². The SMILES string of the molecule is COc1cc(/C=C/C(=O)c2cccc3ccccc23)cc(Br)c1O. The number of ether oxygens (including phenoxy) is 1. The third kappa shape index (κ3) is 3.19. The van der Waals surface area contributed by atoms with Crippen LogP contribution in [0.5, 0.6) is 11.5 Å². The first kappa shape index (κ1) is 16.3. The molecule has 3 aromatic carbocycles. The number of ketones is 1. The van der Waals surface area contributed by atoms with Crippen molar-refractivity contribution < 1.29 is 14.6 Å². The first-order valence-electron chi connectivity index (χ1n) is 7.37. The summed E-state index contributed by atoms with van der Waals surface area (Å²) in [6.45, 7) is 0. The lowest BCUT2D eigenvalue weighted by atomic mass is 10.0. The number of methoxy groups -OCH3 is 1. The summed E-state index contributed by atoms with van der Waals surface area (Å²) in [5.41, 5.74) is 1.42. The summed E-state index contributed by atoms with van der Waals surface area (Å²) in [5.74, 6) is 0.312. The average molecular weight is 383 g/mol. The standard InChI is InChI=1S/C20H15BrO3/c1-24-19-12-13(11-17(21)20(19)23)9-10-18(22)16-8-4-6-14-5-2-3-7-15(14)16/h2-12,23H,1H3/b10-9+. The van der Waals surface area contributed by atoms with Crippen LogP contribution in [0.2, 0.25) is 0 Å². The molecule has 0 fully saturated rings. The molecule has 120 valence electrons. The number of benzene rings is 3. The molecular formula is C20H15BrO3. The number of fused-ring (bicyclic) bond motifs is 1. The first-order chi connectivity index (χ1) is 11.6. The molecule has 0 radical (unpaired) electrons. The number of halogens is 1. The summed E-state index contributed by atoms with van der Waals surface area (Å²) < 4.78 is 5.63. The van der Waals surface area contributed by atoms with Crippen LogP contribution >= 0.6 is 15.9 Å². The van der Waals surface area contributed by atoms with E-state index in [1.807, 2.05) is 42.5 Å². The average Bonchev–Trinajstić information content (AvgIpc) is 2.61. The van der Waals surface area contributed by atoms with Gasteiger partial charge in [-0.25, -0.2) is 0 Å². The van der Waals surface area contributed by atoms with Gasteiger partial charge in [0, 0.05) is 5.56 Å². The minimum Gasteiger partial charge on any atom is -0.503 e. The Morgan fingerprint density at radius 2 is 1.88 bits per heavy atom. The molecular weight excluding hydrogens is 368 g/mol. The second-order valence-corrected chi connectivity index (χ2v) is 6.13. The summed E-state index contributed by atoms with van der Waals surface area (Å²) in [5, 5.41) is 11.8. The van der Waals surface area contributed by atoms with E-state index in [0.29, 0.717) is 15.8 Å². The molecule has 0 aromatic heterocycles. The predicted octanol–water partition coefficient (Wildman–Crippen LogP) is 5.21. The molecule has 0 saturated heterocycles. The van der Waals surface area contributed by atoms with E-state index in [1.54, 1.807) is 18.2 Å².